The lowest BCUT2D eigenvalue weighted by Gasteiger charge is -2.47. The SMILES string of the molecule is O=C(COc1ccccc1)N1CCOC2(CN(Cc3ccc4c(c3)OCCO4)CCO2)C1. The molecule has 0 N–H and O–H groups in total. The van der Waals surface area contributed by atoms with E-state index in [-0.39, 0.29) is 12.5 Å². The number of rotatable bonds is 5. The number of benzene rings is 2. The van der Waals surface area contributed by atoms with E-state index in [2.05, 4.69) is 11.0 Å². The van der Waals surface area contributed by atoms with Crippen LogP contribution in [-0.4, -0.2) is 80.7 Å². The van der Waals surface area contributed by atoms with E-state index in [4.69, 9.17) is 23.7 Å². The molecule has 0 saturated carbocycles. The van der Waals surface area contributed by atoms with Gasteiger partial charge in [0.1, 0.15) is 19.0 Å². The summed E-state index contributed by atoms with van der Waals surface area (Å²) in [6.07, 6.45) is 0. The number of nitrogens with zero attached hydrogens (tertiary/aromatic N) is 2. The van der Waals surface area contributed by atoms with Crippen LogP contribution in [0.25, 0.3) is 0 Å². The quantitative estimate of drug-likeness (QED) is 0.704. The summed E-state index contributed by atoms with van der Waals surface area (Å²) in [4.78, 5) is 16.8. The minimum atomic E-state index is -0.813. The van der Waals surface area contributed by atoms with Crippen molar-refractivity contribution in [1.82, 2.24) is 9.80 Å². The standard InChI is InChI=1S/C24H28N2O6/c27-23(16-30-20-4-2-1-3-5-20)26-9-11-32-24(18-26)17-25(8-10-31-24)15-19-6-7-21-22(14-19)29-13-12-28-21/h1-7,14H,8-13,15-18H2. The second-order valence-corrected chi connectivity index (χ2v) is 8.21. The van der Waals surface area contributed by atoms with Crippen LogP contribution in [0, 0.1) is 0 Å². The van der Waals surface area contributed by atoms with E-state index >= 15 is 0 Å². The van der Waals surface area contributed by atoms with Crippen LogP contribution in [-0.2, 0) is 20.8 Å². The zero-order valence-electron chi connectivity index (χ0n) is 18.0. The van der Waals surface area contributed by atoms with Crippen molar-refractivity contribution in [2.75, 3.05) is 59.2 Å². The van der Waals surface area contributed by atoms with Gasteiger partial charge in [-0.25, -0.2) is 0 Å². The number of carbonyl (C=O) groups is 1. The lowest BCUT2D eigenvalue weighted by atomic mass is 10.1. The van der Waals surface area contributed by atoms with Crippen molar-refractivity contribution in [2.45, 2.75) is 12.3 Å². The summed E-state index contributed by atoms with van der Waals surface area (Å²) in [5, 5.41) is 0. The van der Waals surface area contributed by atoms with E-state index in [1.807, 2.05) is 42.5 Å². The monoisotopic (exact) mass is 440 g/mol. The zero-order valence-corrected chi connectivity index (χ0v) is 18.0. The smallest absolute Gasteiger partial charge is 0.260 e. The number of amides is 1. The number of carbonyl (C=O) groups excluding carboxylic acids is 1. The van der Waals surface area contributed by atoms with E-state index in [1.165, 1.54) is 0 Å². The molecule has 2 fully saturated rings. The molecule has 3 heterocycles. The Morgan fingerprint density at radius 1 is 0.906 bits per heavy atom. The maximum Gasteiger partial charge on any atom is 0.260 e. The van der Waals surface area contributed by atoms with Gasteiger partial charge in [0.25, 0.3) is 5.91 Å². The molecule has 0 aliphatic carbocycles. The minimum Gasteiger partial charge on any atom is -0.486 e. The Morgan fingerprint density at radius 2 is 1.69 bits per heavy atom. The highest BCUT2D eigenvalue weighted by molar-refractivity contribution is 5.78. The van der Waals surface area contributed by atoms with Crippen molar-refractivity contribution in [1.29, 1.82) is 0 Å². The van der Waals surface area contributed by atoms with Crippen LogP contribution in [0.15, 0.2) is 48.5 Å². The molecule has 1 unspecified atom stereocenters. The van der Waals surface area contributed by atoms with E-state index in [1.54, 1.807) is 4.90 Å². The second kappa shape index (κ2) is 9.36. The average Bonchev–Trinajstić information content (AvgIpc) is 2.83. The molecule has 2 aromatic carbocycles. The largest absolute Gasteiger partial charge is 0.486 e. The molecule has 5 rings (SSSR count). The summed E-state index contributed by atoms with van der Waals surface area (Å²) in [6, 6.07) is 15.4. The van der Waals surface area contributed by atoms with Gasteiger partial charge in [0.05, 0.1) is 26.3 Å². The lowest BCUT2D eigenvalue weighted by molar-refractivity contribution is -0.290. The Bertz CT molecular complexity index is 935. The number of fused-ring (bicyclic) bond motifs is 1. The molecular formula is C24H28N2O6. The number of para-hydroxylation sites is 1. The first-order chi connectivity index (χ1) is 15.7. The summed E-state index contributed by atoms with van der Waals surface area (Å²) in [5.74, 6) is 1.39. The minimum absolute atomic E-state index is 0.000996. The highest BCUT2D eigenvalue weighted by Gasteiger charge is 2.43. The summed E-state index contributed by atoms with van der Waals surface area (Å²) >= 11 is 0. The third-order valence-electron chi connectivity index (χ3n) is 5.87. The van der Waals surface area contributed by atoms with Gasteiger partial charge in [-0.1, -0.05) is 24.3 Å². The fourth-order valence-electron chi connectivity index (χ4n) is 4.31. The molecule has 170 valence electrons. The summed E-state index contributed by atoms with van der Waals surface area (Å²) in [7, 11) is 0. The first kappa shape index (κ1) is 21.1. The van der Waals surface area contributed by atoms with Gasteiger partial charge in [-0.2, -0.15) is 0 Å². The molecule has 1 amide bonds. The van der Waals surface area contributed by atoms with Crippen LogP contribution in [0.4, 0.5) is 0 Å². The van der Waals surface area contributed by atoms with E-state index in [0.29, 0.717) is 51.8 Å². The van der Waals surface area contributed by atoms with Gasteiger partial charge in [-0.3, -0.25) is 9.69 Å². The molecule has 32 heavy (non-hydrogen) atoms. The second-order valence-electron chi connectivity index (χ2n) is 8.21. The maximum atomic E-state index is 12.8. The number of hydrogen-bond donors (Lipinski definition) is 0. The summed E-state index contributed by atoms with van der Waals surface area (Å²) in [5.41, 5.74) is 1.14. The van der Waals surface area contributed by atoms with Crippen LogP contribution >= 0.6 is 0 Å². The molecule has 1 atom stereocenters. The van der Waals surface area contributed by atoms with Gasteiger partial charge in [-0.05, 0) is 29.8 Å². The molecule has 8 heteroatoms. The Kier molecular flexibility index (Phi) is 6.16. The highest BCUT2D eigenvalue weighted by atomic mass is 16.7. The van der Waals surface area contributed by atoms with E-state index in [9.17, 15) is 4.79 Å². The van der Waals surface area contributed by atoms with Crippen LogP contribution in [0.2, 0.25) is 0 Å². The van der Waals surface area contributed by atoms with Gasteiger partial charge < -0.3 is 28.6 Å². The Balaban J connectivity index is 1.19. The summed E-state index contributed by atoms with van der Waals surface area (Å²) < 4.78 is 29.1. The first-order valence-electron chi connectivity index (χ1n) is 11.0. The lowest BCUT2D eigenvalue weighted by Crippen LogP contribution is -2.63. The van der Waals surface area contributed by atoms with Crippen molar-refractivity contribution in [2.24, 2.45) is 0 Å². The van der Waals surface area contributed by atoms with Gasteiger partial charge >= 0.3 is 0 Å². The third-order valence-corrected chi connectivity index (χ3v) is 5.87. The fourth-order valence-corrected chi connectivity index (χ4v) is 4.31. The molecule has 3 aliphatic rings. The predicted molar refractivity (Wildman–Crippen MR) is 116 cm³/mol. The van der Waals surface area contributed by atoms with Gasteiger partial charge in [-0.15, -0.1) is 0 Å². The molecule has 0 bridgehead atoms. The molecule has 1 spiro atoms. The van der Waals surface area contributed by atoms with Crippen molar-refractivity contribution in [3.05, 3.63) is 54.1 Å². The molecule has 2 aromatic rings. The van der Waals surface area contributed by atoms with Crippen LogP contribution in [0.5, 0.6) is 17.2 Å². The van der Waals surface area contributed by atoms with Crippen LogP contribution in [0.1, 0.15) is 5.56 Å². The van der Waals surface area contributed by atoms with Crippen LogP contribution < -0.4 is 14.2 Å². The highest BCUT2D eigenvalue weighted by Crippen LogP contribution is 2.32. The Morgan fingerprint density at radius 3 is 2.53 bits per heavy atom. The number of ether oxygens (including phenoxy) is 5. The molecule has 0 radical (unpaired) electrons. The van der Waals surface area contributed by atoms with Crippen molar-refractivity contribution in [3.8, 4) is 17.2 Å². The first-order valence-corrected chi connectivity index (χ1v) is 11.0. The van der Waals surface area contributed by atoms with E-state index in [0.717, 1.165) is 30.2 Å². The molecular weight excluding hydrogens is 412 g/mol. The maximum absolute atomic E-state index is 12.8. The van der Waals surface area contributed by atoms with Gasteiger partial charge in [0.15, 0.2) is 23.9 Å². The van der Waals surface area contributed by atoms with Crippen molar-refractivity contribution in [3.63, 3.8) is 0 Å². The Labute approximate surface area is 187 Å². The van der Waals surface area contributed by atoms with Crippen LogP contribution in [0.3, 0.4) is 0 Å². The molecule has 0 aromatic heterocycles. The number of morpholine rings is 2. The Hall–Kier alpha value is -2.81. The number of hydrogen-bond acceptors (Lipinski definition) is 7. The van der Waals surface area contributed by atoms with E-state index < -0.39 is 5.79 Å². The van der Waals surface area contributed by atoms with Crippen molar-refractivity contribution < 1.29 is 28.5 Å². The third kappa shape index (κ3) is 4.82. The molecule has 2 saturated heterocycles. The predicted octanol–water partition coefficient (Wildman–Crippen LogP) is 1.92. The summed E-state index contributed by atoms with van der Waals surface area (Å²) in [6.45, 7) is 5.20. The fraction of sp³-hybridized carbons (Fsp3) is 0.458. The van der Waals surface area contributed by atoms with Gasteiger partial charge in [0, 0.05) is 19.6 Å². The average molecular weight is 440 g/mol. The topological polar surface area (TPSA) is 69.7 Å². The molecule has 8 nitrogen and oxygen atoms in total. The zero-order chi connectivity index (χ0) is 21.8. The molecule has 3 aliphatic heterocycles. The normalized spacial score (nSPS) is 23.2. The van der Waals surface area contributed by atoms with Crippen molar-refractivity contribution >= 4 is 5.91 Å². The van der Waals surface area contributed by atoms with Gasteiger partial charge in [0.2, 0.25) is 0 Å².